The van der Waals surface area contributed by atoms with Crippen molar-refractivity contribution in [1.82, 2.24) is 9.29 Å². The van der Waals surface area contributed by atoms with Crippen LogP contribution in [0.1, 0.15) is 43.4 Å². The number of aromatic nitrogens is 1. The number of anilines is 1. The van der Waals surface area contributed by atoms with Gasteiger partial charge < -0.3 is 5.32 Å². The molecule has 6 heteroatoms. The molecule has 1 aromatic carbocycles. The molecule has 0 bridgehead atoms. The molecule has 3 rings (SSSR count). The molecule has 0 saturated carbocycles. The molecule has 25 heavy (non-hydrogen) atoms. The third-order valence-electron chi connectivity index (χ3n) is 4.57. The molecule has 0 unspecified atom stereocenters. The van der Waals surface area contributed by atoms with E-state index in [-0.39, 0.29) is 6.04 Å². The fourth-order valence-electron chi connectivity index (χ4n) is 3.26. The lowest BCUT2D eigenvalue weighted by molar-refractivity contribution is 0.397. The van der Waals surface area contributed by atoms with Crippen LogP contribution in [0.25, 0.3) is 0 Å². The zero-order chi connectivity index (χ0) is 17.9. The standard InChI is InChI=1S/C19H25N3O2S/c1-3-12-20-19-17(6-4-13-21-19)18-7-5-14-22(18)25(23,24)16-10-8-15(2)9-11-16/h4,6,8-11,13,18H,3,5,7,12,14H2,1-2H3,(H,20,21)/t18-/m1/s1. The van der Waals surface area contributed by atoms with Crippen molar-refractivity contribution in [3.8, 4) is 0 Å². The number of pyridine rings is 1. The highest BCUT2D eigenvalue weighted by molar-refractivity contribution is 7.89. The largest absolute Gasteiger partial charge is 0.370 e. The summed E-state index contributed by atoms with van der Waals surface area (Å²) in [6.45, 7) is 5.42. The van der Waals surface area contributed by atoms with Crippen molar-refractivity contribution >= 4 is 15.8 Å². The lowest BCUT2D eigenvalue weighted by atomic mass is 10.1. The van der Waals surface area contributed by atoms with Gasteiger partial charge in [-0.3, -0.25) is 0 Å². The fraction of sp³-hybridized carbons (Fsp3) is 0.421. The van der Waals surface area contributed by atoms with Gasteiger partial charge in [-0.15, -0.1) is 0 Å². The zero-order valence-electron chi connectivity index (χ0n) is 14.8. The number of aryl methyl sites for hydroxylation is 1. The Morgan fingerprint density at radius 2 is 2.00 bits per heavy atom. The van der Waals surface area contributed by atoms with Crippen LogP contribution in [-0.4, -0.2) is 30.8 Å². The van der Waals surface area contributed by atoms with Gasteiger partial charge in [0.25, 0.3) is 0 Å². The summed E-state index contributed by atoms with van der Waals surface area (Å²) in [5, 5.41) is 3.33. The second-order valence-electron chi connectivity index (χ2n) is 6.45. The second-order valence-corrected chi connectivity index (χ2v) is 8.35. The fourth-order valence-corrected chi connectivity index (χ4v) is 4.94. The summed E-state index contributed by atoms with van der Waals surface area (Å²) >= 11 is 0. The first kappa shape index (κ1) is 17.9. The van der Waals surface area contributed by atoms with Gasteiger partial charge in [0.1, 0.15) is 5.82 Å². The van der Waals surface area contributed by atoms with Gasteiger partial charge in [0.05, 0.1) is 10.9 Å². The number of hydrogen-bond acceptors (Lipinski definition) is 4. The molecule has 5 nitrogen and oxygen atoms in total. The minimum absolute atomic E-state index is 0.167. The maximum Gasteiger partial charge on any atom is 0.243 e. The predicted octanol–water partition coefficient (Wildman–Crippen LogP) is 3.74. The number of sulfonamides is 1. The normalized spacial score (nSPS) is 18.4. The van der Waals surface area contributed by atoms with Crippen LogP contribution in [0.2, 0.25) is 0 Å². The van der Waals surface area contributed by atoms with Crippen LogP contribution in [0.4, 0.5) is 5.82 Å². The summed E-state index contributed by atoms with van der Waals surface area (Å²) < 4.78 is 27.9. The van der Waals surface area contributed by atoms with Gasteiger partial charge in [-0.1, -0.05) is 30.7 Å². The van der Waals surface area contributed by atoms with Gasteiger partial charge in [0.2, 0.25) is 10.0 Å². The molecule has 1 N–H and O–H groups in total. The van der Waals surface area contributed by atoms with E-state index in [1.54, 1.807) is 22.6 Å². The summed E-state index contributed by atoms with van der Waals surface area (Å²) in [4.78, 5) is 4.79. The van der Waals surface area contributed by atoms with Crippen LogP contribution in [0, 0.1) is 6.92 Å². The van der Waals surface area contributed by atoms with Gasteiger partial charge in [0.15, 0.2) is 0 Å². The summed E-state index contributed by atoms with van der Waals surface area (Å²) in [5.41, 5.74) is 2.01. The van der Waals surface area contributed by atoms with Gasteiger partial charge in [0, 0.05) is 24.8 Å². The Labute approximate surface area is 150 Å². The monoisotopic (exact) mass is 359 g/mol. The lowest BCUT2D eigenvalue weighted by Gasteiger charge is -2.26. The minimum Gasteiger partial charge on any atom is -0.370 e. The predicted molar refractivity (Wildman–Crippen MR) is 100 cm³/mol. The average Bonchev–Trinajstić information content (AvgIpc) is 3.11. The van der Waals surface area contributed by atoms with Crippen molar-refractivity contribution in [2.24, 2.45) is 0 Å². The zero-order valence-corrected chi connectivity index (χ0v) is 15.6. The first-order valence-electron chi connectivity index (χ1n) is 8.81. The highest BCUT2D eigenvalue weighted by Crippen LogP contribution is 2.38. The van der Waals surface area contributed by atoms with E-state index in [4.69, 9.17) is 0 Å². The molecule has 1 fully saturated rings. The molecule has 1 saturated heterocycles. The van der Waals surface area contributed by atoms with E-state index >= 15 is 0 Å². The van der Waals surface area contributed by atoms with E-state index in [0.717, 1.165) is 42.8 Å². The molecule has 134 valence electrons. The molecule has 2 heterocycles. The van der Waals surface area contributed by atoms with Crippen molar-refractivity contribution in [1.29, 1.82) is 0 Å². The van der Waals surface area contributed by atoms with Gasteiger partial charge in [-0.25, -0.2) is 13.4 Å². The molecule has 1 atom stereocenters. The molecule has 1 aliphatic rings. The van der Waals surface area contributed by atoms with Crippen LogP contribution in [0.15, 0.2) is 47.5 Å². The van der Waals surface area contributed by atoms with Crippen molar-refractivity contribution in [2.75, 3.05) is 18.4 Å². The maximum absolute atomic E-state index is 13.1. The Bertz CT molecular complexity index is 819. The molecular formula is C19H25N3O2S. The van der Waals surface area contributed by atoms with Gasteiger partial charge in [-0.05, 0) is 44.4 Å². The van der Waals surface area contributed by atoms with E-state index in [2.05, 4.69) is 17.2 Å². The smallest absolute Gasteiger partial charge is 0.243 e. The number of nitrogens with one attached hydrogen (secondary N) is 1. The average molecular weight is 359 g/mol. The Kier molecular flexibility index (Phi) is 5.39. The van der Waals surface area contributed by atoms with Crippen molar-refractivity contribution in [3.63, 3.8) is 0 Å². The van der Waals surface area contributed by atoms with E-state index in [1.807, 2.05) is 31.2 Å². The molecule has 0 spiro atoms. The van der Waals surface area contributed by atoms with Crippen molar-refractivity contribution < 1.29 is 8.42 Å². The maximum atomic E-state index is 13.1. The quantitative estimate of drug-likeness (QED) is 0.853. The van der Waals surface area contributed by atoms with Gasteiger partial charge in [-0.2, -0.15) is 4.31 Å². The van der Waals surface area contributed by atoms with Crippen LogP contribution >= 0.6 is 0 Å². The van der Waals surface area contributed by atoms with Crippen molar-refractivity contribution in [3.05, 3.63) is 53.7 Å². The third kappa shape index (κ3) is 3.70. The Morgan fingerprint density at radius 3 is 2.72 bits per heavy atom. The first-order chi connectivity index (χ1) is 12.0. The molecule has 0 amide bonds. The number of nitrogens with zero attached hydrogens (tertiary/aromatic N) is 2. The summed E-state index contributed by atoms with van der Waals surface area (Å²) in [6, 6.07) is 10.8. The van der Waals surface area contributed by atoms with Crippen LogP contribution in [0.5, 0.6) is 0 Å². The van der Waals surface area contributed by atoms with Crippen LogP contribution in [0.3, 0.4) is 0 Å². The Balaban J connectivity index is 1.94. The lowest BCUT2D eigenvalue weighted by Crippen LogP contribution is -2.31. The third-order valence-corrected chi connectivity index (χ3v) is 6.49. The highest BCUT2D eigenvalue weighted by Gasteiger charge is 2.37. The van der Waals surface area contributed by atoms with E-state index < -0.39 is 10.0 Å². The Hall–Kier alpha value is -1.92. The highest BCUT2D eigenvalue weighted by atomic mass is 32.2. The molecule has 1 aromatic heterocycles. The van der Waals surface area contributed by atoms with E-state index in [9.17, 15) is 8.42 Å². The first-order valence-corrected chi connectivity index (χ1v) is 10.3. The molecule has 0 aliphatic carbocycles. The number of rotatable bonds is 6. The minimum atomic E-state index is -3.51. The van der Waals surface area contributed by atoms with Crippen molar-refractivity contribution in [2.45, 2.75) is 44.0 Å². The Morgan fingerprint density at radius 1 is 1.24 bits per heavy atom. The van der Waals surface area contributed by atoms with E-state index in [0.29, 0.717) is 11.4 Å². The van der Waals surface area contributed by atoms with Crippen LogP contribution in [-0.2, 0) is 10.0 Å². The molecule has 2 aromatic rings. The summed E-state index contributed by atoms with van der Waals surface area (Å²) in [6.07, 6.45) is 4.41. The molecule has 0 radical (unpaired) electrons. The number of hydrogen-bond donors (Lipinski definition) is 1. The number of benzene rings is 1. The SMILES string of the molecule is CCCNc1ncccc1[C@H]1CCCN1S(=O)(=O)c1ccc(C)cc1. The summed E-state index contributed by atoms with van der Waals surface area (Å²) in [7, 11) is -3.51. The molecule has 1 aliphatic heterocycles. The second kappa shape index (κ2) is 7.54. The van der Waals surface area contributed by atoms with Gasteiger partial charge >= 0.3 is 0 Å². The summed E-state index contributed by atoms with van der Waals surface area (Å²) in [5.74, 6) is 0.792. The topological polar surface area (TPSA) is 62.3 Å². The molecular weight excluding hydrogens is 334 g/mol. The van der Waals surface area contributed by atoms with E-state index in [1.165, 1.54) is 0 Å². The van der Waals surface area contributed by atoms with Crippen LogP contribution < -0.4 is 5.32 Å².